The summed E-state index contributed by atoms with van der Waals surface area (Å²) in [5.41, 5.74) is 0.145. The predicted molar refractivity (Wildman–Crippen MR) is 72.8 cm³/mol. The van der Waals surface area contributed by atoms with Gasteiger partial charge in [-0.05, 0) is 25.2 Å². The van der Waals surface area contributed by atoms with E-state index in [1.165, 1.54) is 12.8 Å². The number of hydrogen-bond acceptors (Lipinski definition) is 2. The van der Waals surface area contributed by atoms with Crippen molar-refractivity contribution in [2.45, 2.75) is 59.4 Å². The normalized spacial score (nSPS) is 22.3. The molecule has 1 amide bonds. The Balaban J connectivity index is 2.90. The van der Waals surface area contributed by atoms with Crippen LogP contribution in [0, 0.1) is 16.7 Å². The van der Waals surface area contributed by atoms with Crippen LogP contribution in [0.2, 0.25) is 0 Å². The van der Waals surface area contributed by atoms with Gasteiger partial charge in [-0.1, -0.05) is 39.7 Å². The van der Waals surface area contributed by atoms with Crippen molar-refractivity contribution in [3.8, 4) is 6.07 Å². The lowest BCUT2D eigenvalue weighted by molar-refractivity contribution is -0.128. The van der Waals surface area contributed by atoms with Crippen LogP contribution in [0.25, 0.3) is 0 Å². The van der Waals surface area contributed by atoms with E-state index < -0.39 is 0 Å². The van der Waals surface area contributed by atoms with Crippen molar-refractivity contribution in [2.75, 3.05) is 6.54 Å². The third-order valence-electron chi connectivity index (χ3n) is 3.24. The third-order valence-corrected chi connectivity index (χ3v) is 3.24. The van der Waals surface area contributed by atoms with Crippen molar-refractivity contribution < 1.29 is 4.79 Å². The molecule has 1 saturated heterocycles. The Morgan fingerprint density at radius 2 is 2.00 bits per heavy atom. The molecule has 3 nitrogen and oxygen atoms in total. The standard InChI is InChI=1S/C15H24N2O/c1-12-8-6-5-7-9-17(12)14(18)13(11-16)10-15(2,3)4/h10,12H,5-9H2,1-4H3/t12-/m1/s1. The summed E-state index contributed by atoms with van der Waals surface area (Å²) in [6.07, 6.45) is 6.23. The smallest absolute Gasteiger partial charge is 0.264 e. The molecule has 18 heavy (non-hydrogen) atoms. The lowest BCUT2D eigenvalue weighted by Gasteiger charge is -2.27. The Morgan fingerprint density at radius 1 is 1.33 bits per heavy atom. The van der Waals surface area contributed by atoms with Crippen LogP contribution < -0.4 is 0 Å². The Morgan fingerprint density at radius 3 is 2.56 bits per heavy atom. The molecule has 0 aliphatic carbocycles. The van der Waals surface area contributed by atoms with E-state index in [4.69, 9.17) is 0 Å². The SMILES string of the molecule is C[C@@H]1CCCCCN1C(=O)C(C#N)=CC(C)(C)C. The van der Waals surface area contributed by atoms with Crippen LogP contribution in [-0.4, -0.2) is 23.4 Å². The first-order valence-electron chi connectivity index (χ1n) is 6.79. The summed E-state index contributed by atoms with van der Waals surface area (Å²) in [7, 11) is 0. The molecule has 0 bridgehead atoms. The summed E-state index contributed by atoms with van der Waals surface area (Å²) >= 11 is 0. The van der Waals surface area contributed by atoms with Crippen LogP contribution in [0.4, 0.5) is 0 Å². The van der Waals surface area contributed by atoms with Crippen LogP contribution in [0.5, 0.6) is 0 Å². The molecular formula is C15H24N2O. The van der Waals surface area contributed by atoms with Gasteiger partial charge in [0.25, 0.3) is 5.91 Å². The molecule has 1 heterocycles. The summed E-state index contributed by atoms with van der Waals surface area (Å²) in [5, 5.41) is 9.18. The first-order valence-corrected chi connectivity index (χ1v) is 6.79. The van der Waals surface area contributed by atoms with Crippen LogP contribution in [0.3, 0.4) is 0 Å². The average molecular weight is 248 g/mol. The summed E-state index contributed by atoms with van der Waals surface area (Å²) < 4.78 is 0. The molecule has 0 spiro atoms. The minimum atomic E-state index is -0.143. The molecule has 0 aromatic rings. The maximum atomic E-state index is 12.4. The lowest BCUT2D eigenvalue weighted by atomic mass is 9.93. The maximum Gasteiger partial charge on any atom is 0.264 e. The predicted octanol–water partition coefficient (Wildman–Crippen LogP) is 3.27. The fourth-order valence-electron chi connectivity index (χ4n) is 2.31. The van der Waals surface area contributed by atoms with Crippen molar-refractivity contribution in [1.29, 1.82) is 5.26 Å². The van der Waals surface area contributed by atoms with Gasteiger partial charge in [-0.3, -0.25) is 4.79 Å². The molecule has 0 radical (unpaired) electrons. The van der Waals surface area contributed by atoms with E-state index in [1.807, 2.05) is 25.7 Å². The lowest BCUT2D eigenvalue weighted by Crippen LogP contribution is -2.39. The van der Waals surface area contributed by atoms with Crippen molar-refractivity contribution in [1.82, 2.24) is 4.90 Å². The molecule has 100 valence electrons. The van der Waals surface area contributed by atoms with Gasteiger partial charge < -0.3 is 4.90 Å². The number of nitriles is 1. The second-order valence-electron chi connectivity index (χ2n) is 6.23. The number of allylic oxidation sites excluding steroid dienone is 1. The molecule has 0 saturated carbocycles. The molecule has 0 aromatic carbocycles. The van der Waals surface area contributed by atoms with Crippen molar-refractivity contribution >= 4 is 5.91 Å². The van der Waals surface area contributed by atoms with Crippen LogP contribution >= 0.6 is 0 Å². The minimum absolute atomic E-state index is 0.0955. The molecule has 3 heteroatoms. The van der Waals surface area contributed by atoms with Crippen molar-refractivity contribution in [3.05, 3.63) is 11.6 Å². The van der Waals surface area contributed by atoms with E-state index in [9.17, 15) is 10.1 Å². The van der Waals surface area contributed by atoms with E-state index in [2.05, 4.69) is 13.0 Å². The van der Waals surface area contributed by atoms with E-state index in [0.29, 0.717) is 0 Å². The van der Waals surface area contributed by atoms with Crippen LogP contribution in [0.1, 0.15) is 53.4 Å². The van der Waals surface area contributed by atoms with Gasteiger partial charge in [0.1, 0.15) is 11.6 Å². The second kappa shape index (κ2) is 6.04. The summed E-state index contributed by atoms with van der Waals surface area (Å²) in [4.78, 5) is 14.3. The Bertz CT molecular complexity index is 371. The number of hydrogen-bond donors (Lipinski definition) is 0. The highest BCUT2D eigenvalue weighted by Gasteiger charge is 2.25. The highest BCUT2D eigenvalue weighted by molar-refractivity contribution is 5.97. The quantitative estimate of drug-likeness (QED) is 0.528. The Kier molecular flexibility index (Phi) is 4.95. The first kappa shape index (κ1) is 14.8. The molecule has 0 unspecified atom stereocenters. The number of carbonyl (C=O) groups excluding carboxylic acids is 1. The molecule has 1 fully saturated rings. The van der Waals surface area contributed by atoms with Gasteiger partial charge >= 0.3 is 0 Å². The van der Waals surface area contributed by atoms with Crippen LogP contribution in [-0.2, 0) is 4.79 Å². The van der Waals surface area contributed by atoms with Crippen LogP contribution in [0.15, 0.2) is 11.6 Å². The molecule has 1 atom stereocenters. The molecule has 0 N–H and O–H groups in total. The summed E-state index contributed by atoms with van der Waals surface area (Å²) in [6.45, 7) is 8.87. The Labute approximate surface area is 110 Å². The monoisotopic (exact) mass is 248 g/mol. The van der Waals surface area contributed by atoms with E-state index in [-0.39, 0.29) is 22.9 Å². The summed E-state index contributed by atoms with van der Waals surface area (Å²) in [5.74, 6) is -0.0955. The number of rotatable bonds is 1. The van der Waals surface area contributed by atoms with Gasteiger partial charge in [-0.15, -0.1) is 0 Å². The van der Waals surface area contributed by atoms with Gasteiger partial charge in [0.15, 0.2) is 0 Å². The highest BCUT2D eigenvalue weighted by Crippen LogP contribution is 2.22. The topological polar surface area (TPSA) is 44.1 Å². The number of amides is 1. The van der Waals surface area contributed by atoms with Gasteiger partial charge in [0.2, 0.25) is 0 Å². The zero-order chi connectivity index (χ0) is 13.8. The largest absolute Gasteiger partial charge is 0.335 e. The fraction of sp³-hybridized carbons (Fsp3) is 0.733. The van der Waals surface area contributed by atoms with Gasteiger partial charge in [-0.2, -0.15) is 5.26 Å². The zero-order valence-electron chi connectivity index (χ0n) is 12.0. The highest BCUT2D eigenvalue weighted by atomic mass is 16.2. The van der Waals surface area contributed by atoms with Gasteiger partial charge in [0.05, 0.1) is 0 Å². The van der Waals surface area contributed by atoms with Crippen molar-refractivity contribution in [3.63, 3.8) is 0 Å². The zero-order valence-corrected chi connectivity index (χ0v) is 12.0. The fourth-order valence-corrected chi connectivity index (χ4v) is 2.31. The average Bonchev–Trinajstić information content (AvgIpc) is 2.48. The second-order valence-corrected chi connectivity index (χ2v) is 6.23. The van der Waals surface area contributed by atoms with Gasteiger partial charge in [0, 0.05) is 12.6 Å². The number of nitrogens with zero attached hydrogens (tertiary/aromatic N) is 2. The Hall–Kier alpha value is -1.30. The minimum Gasteiger partial charge on any atom is -0.335 e. The third kappa shape index (κ3) is 4.18. The van der Waals surface area contributed by atoms with E-state index in [1.54, 1.807) is 6.08 Å². The van der Waals surface area contributed by atoms with E-state index >= 15 is 0 Å². The van der Waals surface area contributed by atoms with E-state index in [0.717, 1.165) is 19.4 Å². The molecule has 1 aliphatic rings. The molecule has 0 aromatic heterocycles. The van der Waals surface area contributed by atoms with Crippen molar-refractivity contribution in [2.24, 2.45) is 5.41 Å². The molecule has 1 aliphatic heterocycles. The molecular weight excluding hydrogens is 224 g/mol. The first-order chi connectivity index (χ1) is 8.35. The number of likely N-dealkylation sites (tertiary alicyclic amines) is 1. The number of carbonyl (C=O) groups is 1. The summed E-state index contributed by atoms with van der Waals surface area (Å²) in [6, 6.07) is 2.31. The van der Waals surface area contributed by atoms with Gasteiger partial charge in [-0.25, -0.2) is 0 Å². The molecule has 1 rings (SSSR count). The maximum absolute atomic E-state index is 12.4.